The highest BCUT2D eigenvalue weighted by atomic mass is 35.5. The van der Waals surface area contributed by atoms with E-state index in [-0.39, 0.29) is 17.1 Å². The van der Waals surface area contributed by atoms with Gasteiger partial charge >= 0.3 is 0 Å². The van der Waals surface area contributed by atoms with Gasteiger partial charge in [0.1, 0.15) is 5.82 Å². The number of nitrogens with one attached hydrogen (secondary N) is 1. The van der Waals surface area contributed by atoms with Crippen molar-refractivity contribution in [2.45, 2.75) is 26.3 Å². The summed E-state index contributed by atoms with van der Waals surface area (Å²) in [4.78, 5) is 16.7. The lowest BCUT2D eigenvalue weighted by Crippen LogP contribution is -2.24. The summed E-state index contributed by atoms with van der Waals surface area (Å²) in [5.41, 5.74) is 1.21. The fourth-order valence-corrected chi connectivity index (χ4v) is 3.07. The standard InChI is InChI=1S/C19H16ClFN6O2/c1-2-4-15-23-19(29-26-15)12-5-3-8-27-16(24-25-17(12)27)10-22-18(28)13-9-11(21)6-7-14(13)20/h3,5-9H,2,4,10H2,1H3,(H,22,28). The number of aromatic nitrogens is 5. The molecule has 0 saturated carbocycles. The van der Waals surface area contributed by atoms with Crippen LogP contribution in [0.25, 0.3) is 17.1 Å². The Hall–Kier alpha value is -3.33. The first-order valence-corrected chi connectivity index (χ1v) is 9.33. The average molecular weight is 415 g/mol. The van der Waals surface area contributed by atoms with Gasteiger partial charge < -0.3 is 9.84 Å². The minimum absolute atomic E-state index is 0.0514. The van der Waals surface area contributed by atoms with Gasteiger partial charge in [0.25, 0.3) is 11.8 Å². The van der Waals surface area contributed by atoms with Crippen LogP contribution in [0.3, 0.4) is 0 Å². The molecule has 8 nitrogen and oxygen atoms in total. The van der Waals surface area contributed by atoms with E-state index in [0.717, 1.165) is 18.9 Å². The van der Waals surface area contributed by atoms with Crippen LogP contribution < -0.4 is 5.32 Å². The van der Waals surface area contributed by atoms with Crippen LogP contribution in [-0.2, 0) is 13.0 Å². The number of amides is 1. The van der Waals surface area contributed by atoms with E-state index in [1.165, 1.54) is 12.1 Å². The lowest BCUT2D eigenvalue weighted by atomic mass is 10.2. The van der Waals surface area contributed by atoms with Gasteiger partial charge in [0.15, 0.2) is 17.3 Å². The molecule has 29 heavy (non-hydrogen) atoms. The number of rotatable bonds is 6. The number of benzene rings is 1. The number of pyridine rings is 1. The van der Waals surface area contributed by atoms with Crippen molar-refractivity contribution in [3.8, 4) is 11.5 Å². The zero-order chi connectivity index (χ0) is 20.4. The summed E-state index contributed by atoms with van der Waals surface area (Å²) < 4.78 is 20.5. The molecule has 0 fully saturated rings. The fourth-order valence-electron chi connectivity index (χ4n) is 2.87. The Morgan fingerprint density at radius 3 is 3.00 bits per heavy atom. The number of hydrogen-bond acceptors (Lipinski definition) is 6. The molecule has 0 saturated heterocycles. The summed E-state index contributed by atoms with van der Waals surface area (Å²) in [6, 6.07) is 7.21. The first kappa shape index (κ1) is 19.0. The normalized spacial score (nSPS) is 11.1. The maximum Gasteiger partial charge on any atom is 0.261 e. The largest absolute Gasteiger partial charge is 0.345 e. The van der Waals surface area contributed by atoms with Crippen molar-refractivity contribution in [1.29, 1.82) is 0 Å². The molecule has 0 atom stereocenters. The number of halogens is 2. The van der Waals surface area contributed by atoms with Crippen LogP contribution in [0.5, 0.6) is 0 Å². The van der Waals surface area contributed by atoms with Crippen molar-refractivity contribution in [2.75, 3.05) is 0 Å². The molecule has 0 aliphatic heterocycles. The topological polar surface area (TPSA) is 98.2 Å². The monoisotopic (exact) mass is 414 g/mol. The van der Waals surface area contributed by atoms with E-state index in [1.54, 1.807) is 16.7 Å². The highest BCUT2D eigenvalue weighted by Crippen LogP contribution is 2.22. The van der Waals surface area contributed by atoms with Gasteiger partial charge in [-0.25, -0.2) is 4.39 Å². The van der Waals surface area contributed by atoms with Crippen LogP contribution in [0.4, 0.5) is 4.39 Å². The molecular weight excluding hydrogens is 399 g/mol. The number of aryl methyl sites for hydroxylation is 1. The van der Waals surface area contributed by atoms with Crippen LogP contribution in [-0.4, -0.2) is 30.6 Å². The van der Waals surface area contributed by atoms with Gasteiger partial charge in [-0.15, -0.1) is 10.2 Å². The van der Waals surface area contributed by atoms with Crippen LogP contribution in [0.1, 0.15) is 35.4 Å². The summed E-state index contributed by atoms with van der Waals surface area (Å²) in [6.45, 7) is 2.11. The quantitative estimate of drug-likeness (QED) is 0.519. The Bertz CT molecular complexity index is 1190. The van der Waals surface area contributed by atoms with Gasteiger partial charge in [0.05, 0.1) is 22.7 Å². The van der Waals surface area contributed by atoms with Gasteiger partial charge in [0.2, 0.25) is 0 Å². The van der Waals surface area contributed by atoms with E-state index in [4.69, 9.17) is 16.1 Å². The zero-order valence-corrected chi connectivity index (χ0v) is 16.1. The molecule has 0 radical (unpaired) electrons. The number of fused-ring (bicyclic) bond motifs is 1. The third-order valence-corrected chi connectivity index (χ3v) is 4.59. The van der Waals surface area contributed by atoms with Crippen molar-refractivity contribution in [2.24, 2.45) is 0 Å². The van der Waals surface area contributed by atoms with Crippen LogP contribution in [0, 0.1) is 5.82 Å². The second kappa shape index (κ2) is 7.96. The lowest BCUT2D eigenvalue weighted by molar-refractivity contribution is 0.0949. The SMILES string of the molecule is CCCc1noc(-c2cccn3c(CNC(=O)c4cc(F)ccc4Cl)nnc23)n1. The molecule has 0 spiro atoms. The van der Waals surface area contributed by atoms with E-state index in [1.807, 2.05) is 13.0 Å². The molecule has 3 aromatic heterocycles. The minimum atomic E-state index is -0.542. The summed E-state index contributed by atoms with van der Waals surface area (Å²) >= 11 is 5.98. The van der Waals surface area contributed by atoms with Crippen molar-refractivity contribution >= 4 is 23.2 Å². The fraction of sp³-hybridized carbons (Fsp3) is 0.211. The molecular formula is C19H16ClFN6O2. The Morgan fingerprint density at radius 2 is 2.17 bits per heavy atom. The maximum absolute atomic E-state index is 13.4. The molecule has 3 heterocycles. The van der Waals surface area contributed by atoms with Gasteiger partial charge in [0, 0.05) is 12.6 Å². The van der Waals surface area contributed by atoms with Crippen LogP contribution in [0.15, 0.2) is 41.1 Å². The smallest absolute Gasteiger partial charge is 0.261 e. The van der Waals surface area contributed by atoms with E-state index in [9.17, 15) is 9.18 Å². The van der Waals surface area contributed by atoms with E-state index >= 15 is 0 Å². The van der Waals surface area contributed by atoms with Crippen molar-refractivity contribution in [1.82, 2.24) is 30.1 Å². The predicted molar refractivity (Wildman–Crippen MR) is 103 cm³/mol. The molecule has 4 aromatic rings. The molecule has 0 unspecified atom stereocenters. The molecule has 1 amide bonds. The van der Waals surface area contributed by atoms with Crippen molar-refractivity contribution < 1.29 is 13.7 Å². The first-order chi connectivity index (χ1) is 14.1. The highest BCUT2D eigenvalue weighted by molar-refractivity contribution is 6.33. The van der Waals surface area contributed by atoms with Gasteiger partial charge in [-0.2, -0.15) is 4.98 Å². The first-order valence-electron chi connectivity index (χ1n) is 8.95. The van der Waals surface area contributed by atoms with E-state index < -0.39 is 11.7 Å². The van der Waals surface area contributed by atoms with E-state index in [2.05, 4.69) is 25.7 Å². The molecule has 0 aliphatic carbocycles. The van der Waals surface area contributed by atoms with Gasteiger partial charge in [-0.05, 0) is 36.8 Å². The number of carbonyl (C=O) groups excluding carboxylic acids is 1. The lowest BCUT2D eigenvalue weighted by Gasteiger charge is -2.06. The third-order valence-electron chi connectivity index (χ3n) is 4.26. The van der Waals surface area contributed by atoms with Crippen LogP contribution >= 0.6 is 11.6 Å². The molecule has 1 aromatic carbocycles. The molecule has 1 N–H and O–H groups in total. The Labute approximate surface area is 169 Å². The molecule has 0 bridgehead atoms. The Morgan fingerprint density at radius 1 is 1.31 bits per heavy atom. The highest BCUT2D eigenvalue weighted by Gasteiger charge is 2.17. The maximum atomic E-state index is 13.4. The summed E-state index contributed by atoms with van der Waals surface area (Å²) in [6.07, 6.45) is 3.39. The summed E-state index contributed by atoms with van der Waals surface area (Å²) in [5.74, 6) is 0.413. The second-order valence-electron chi connectivity index (χ2n) is 6.30. The number of hydrogen-bond donors (Lipinski definition) is 1. The Balaban J connectivity index is 1.58. The average Bonchev–Trinajstić information content (AvgIpc) is 3.35. The Kier molecular flexibility index (Phi) is 5.22. The third kappa shape index (κ3) is 3.81. The second-order valence-corrected chi connectivity index (χ2v) is 6.71. The summed E-state index contributed by atoms with van der Waals surface area (Å²) in [5, 5.41) is 15.1. The molecule has 0 aliphatic rings. The number of carbonyl (C=O) groups is 1. The summed E-state index contributed by atoms with van der Waals surface area (Å²) in [7, 11) is 0. The van der Waals surface area contributed by atoms with E-state index in [0.29, 0.717) is 28.8 Å². The van der Waals surface area contributed by atoms with Crippen LogP contribution in [0.2, 0.25) is 5.02 Å². The van der Waals surface area contributed by atoms with Crippen molar-refractivity contribution in [3.63, 3.8) is 0 Å². The van der Waals surface area contributed by atoms with Crippen molar-refractivity contribution in [3.05, 3.63) is 64.6 Å². The zero-order valence-electron chi connectivity index (χ0n) is 15.4. The van der Waals surface area contributed by atoms with Gasteiger partial charge in [-0.1, -0.05) is 23.7 Å². The molecule has 148 valence electrons. The molecule has 10 heteroatoms. The number of nitrogens with zero attached hydrogens (tertiary/aromatic N) is 5. The minimum Gasteiger partial charge on any atom is -0.345 e. The molecule has 4 rings (SSSR count). The predicted octanol–water partition coefficient (Wildman–Crippen LogP) is 3.45. The van der Waals surface area contributed by atoms with Gasteiger partial charge in [-0.3, -0.25) is 9.20 Å².